The average molecular weight is 623 g/mol. The van der Waals surface area contributed by atoms with Crippen molar-refractivity contribution in [3.8, 4) is 11.5 Å². The molecule has 0 spiro atoms. The first-order valence-electron chi connectivity index (χ1n) is 14.5. The lowest BCUT2D eigenvalue weighted by Gasteiger charge is -2.14. The highest BCUT2D eigenvalue weighted by Gasteiger charge is 2.27. The highest BCUT2D eigenvalue weighted by Crippen LogP contribution is 2.37. The highest BCUT2D eigenvalue weighted by atomic mass is 35.5. The Kier molecular flexibility index (Phi) is 9.26. The van der Waals surface area contributed by atoms with Crippen LogP contribution in [0.3, 0.4) is 0 Å². The van der Waals surface area contributed by atoms with Crippen LogP contribution in [0.5, 0.6) is 11.5 Å². The van der Waals surface area contributed by atoms with Gasteiger partial charge in [0.25, 0.3) is 0 Å². The summed E-state index contributed by atoms with van der Waals surface area (Å²) >= 11 is 5.75. The van der Waals surface area contributed by atoms with Crippen molar-refractivity contribution in [1.82, 2.24) is 9.97 Å². The summed E-state index contributed by atoms with van der Waals surface area (Å²) in [5.41, 5.74) is 4.82. The summed E-state index contributed by atoms with van der Waals surface area (Å²) < 4.78 is 17.1. The van der Waals surface area contributed by atoms with Gasteiger partial charge in [-0.1, -0.05) is 72.8 Å². The van der Waals surface area contributed by atoms with Crippen LogP contribution in [0.25, 0.3) is 21.8 Å². The largest absolute Gasteiger partial charge is 0.487 e. The summed E-state index contributed by atoms with van der Waals surface area (Å²) in [6.07, 6.45) is -0.662. The van der Waals surface area contributed by atoms with Gasteiger partial charge in [0.1, 0.15) is 30.8 Å². The van der Waals surface area contributed by atoms with Gasteiger partial charge >= 0.3 is 0 Å². The molecule has 1 aliphatic rings. The average Bonchev–Trinajstić information content (AvgIpc) is 3.92. The molecular formula is C36H31ClN2O6. The van der Waals surface area contributed by atoms with Gasteiger partial charge in [0.15, 0.2) is 0 Å². The number of rotatable bonds is 9. The molecule has 8 nitrogen and oxygen atoms in total. The Balaban J connectivity index is 0.000000159. The van der Waals surface area contributed by atoms with Crippen LogP contribution in [0, 0.1) is 0 Å². The molecule has 7 rings (SSSR count). The van der Waals surface area contributed by atoms with Crippen LogP contribution in [0.4, 0.5) is 0 Å². The molecule has 3 heterocycles. The number of alkyl halides is 1. The summed E-state index contributed by atoms with van der Waals surface area (Å²) in [6.45, 7) is 1.59. The van der Waals surface area contributed by atoms with Gasteiger partial charge in [0.05, 0.1) is 29.6 Å². The Morgan fingerprint density at radius 1 is 0.711 bits per heavy atom. The minimum absolute atomic E-state index is 0.0818. The van der Waals surface area contributed by atoms with Gasteiger partial charge in [-0.2, -0.15) is 0 Å². The number of halogens is 1. The maximum absolute atomic E-state index is 11.7. The van der Waals surface area contributed by atoms with Gasteiger partial charge in [-0.05, 0) is 46.5 Å². The van der Waals surface area contributed by atoms with E-state index in [1.54, 1.807) is 18.2 Å². The third kappa shape index (κ3) is 7.26. The molecule has 0 amide bonds. The molecule has 1 saturated heterocycles. The van der Waals surface area contributed by atoms with E-state index in [4.69, 9.17) is 25.8 Å². The maximum Gasteiger partial charge on any atom is 0.248 e. The smallest absolute Gasteiger partial charge is 0.248 e. The predicted molar refractivity (Wildman–Crippen MR) is 175 cm³/mol. The monoisotopic (exact) mass is 622 g/mol. The standard InChI is InChI=1S/C18H16ClNO3.C18H15NO3/c19-10-15(21)13-6-8-16(18-14(13)7-9-17(22)20-18)23-11-12-4-2-1-3-5-12;20-17-9-7-14-13(16-11-22-16)6-8-15(18(14)19-17)21-10-12-4-2-1-3-5-12/h1-9,15,21H,10-11H2,(H,20,22);1-9,16H,10-11H2,(H,19,20)/t15-;/m0./s1. The zero-order chi connectivity index (χ0) is 31.2. The van der Waals surface area contributed by atoms with E-state index in [0.717, 1.165) is 39.6 Å². The van der Waals surface area contributed by atoms with Gasteiger partial charge < -0.3 is 29.3 Å². The molecule has 228 valence electrons. The van der Waals surface area contributed by atoms with Crippen LogP contribution >= 0.6 is 11.6 Å². The van der Waals surface area contributed by atoms with Crippen LogP contribution in [0.1, 0.15) is 34.5 Å². The number of nitrogens with one attached hydrogen (secondary N) is 2. The second kappa shape index (κ2) is 13.8. The van der Waals surface area contributed by atoms with E-state index in [1.165, 1.54) is 12.1 Å². The molecule has 1 aliphatic heterocycles. The van der Waals surface area contributed by atoms with Gasteiger partial charge in [-0.3, -0.25) is 9.59 Å². The lowest BCUT2D eigenvalue weighted by Crippen LogP contribution is -2.07. The van der Waals surface area contributed by atoms with Crippen molar-refractivity contribution in [1.29, 1.82) is 0 Å². The fourth-order valence-corrected chi connectivity index (χ4v) is 5.26. The molecular weight excluding hydrogens is 592 g/mol. The normalized spacial score (nSPS) is 14.4. The second-order valence-corrected chi connectivity index (χ2v) is 10.9. The predicted octanol–water partition coefficient (Wildman–Crippen LogP) is 6.56. The summed E-state index contributed by atoms with van der Waals surface area (Å²) in [5, 5.41) is 11.7. The van der Waals surface area contributed by atoms with E-state index in [2.05, 4.69) is 9.97 Å². The number of aliphatic hydroxyl groups is 1. The number of hydrogen-bond acceptors (Lipinski definition) is 6. The highest BCUT2D eigenvalue weighted by molar-refractivity contribution is 6.18. The quantitative estimate of drug-likeness (QED) is 0.124. The summed E-state index contributed by atoms with van der Waals surface area (Å²) in [6, 6.07) is 33.6. The number of hydrogen-bond donors (Lipinski definition) is 3. The lowest BCUT2D eigenvalue weighted by molar-refractivity contribution is 0.204. The number of H-pyrrole nitrogens is 2. The van der Waals surface area contributed by atoms with Crippen molar-refractivity contribution >= 4 is 33.4 Å². The van der Waals surface area contributed by atoms with E-state index in [-0.39, 0.29) is 23.1 Å². The number of aromatic nitrogens is 2. The molecule has 0 saturated carbocycles. The summed E-state index contributed by atoms with van der Waals surface area (Å²) in [7, 11) is 0. The van der Waals surface area contributed by atoms with Crippen molar-refractivity contribution in [3.63, 3.8) is 0 Å². The number of aromatic amines is 2. The molecule has 45 heavy (non-hydrogen) atoms. The van der Waals surface area contributed by atoms with Crippen molar-refractivity contribution in [2.45, 2.75) is 25.4 Å². The van der Waals surface area contributed by atoms with Gasteiger partial charge in [-0.15, -0.1) is 11.6 Å². The number of pyridine rings is 2. The van der Waals surface area contributed by atoms with Crippen molar-refractivity contribution in [2.24, 2.45) is 0 Å². The molecule has 9 heteroatoms. The van der Waals surface area contributed by atoms with E-state index >= 15 is 0 Å². The molecule has 3 N–H and O–H groups in total. The van der Waals surface area contributed by atoms with Crippen LogP contribution in [-0.4, -0.2) is 27.6 Å². The minimum atomic E-state index is -0.798. The van der Waals surface area contributed by atoms with Crippen LogP contribution in [0.2, 0.25) is 0 Å². The fourth-order valence-electron chi connectivity index (χ4n) is 5.09. The van der Waals surface area contributed by atoms with Crippen molar-refractivity contribution in [2.75, 3.05) is 12.5 Å². The molecule has 0 radical (unpaired) electrons. The van der Waals surface area contributed by atoms with Crippen LogP contribution in [-0.2, 0) is 18.0 Å². The first-order chi connectivity index (χ1) is 22.0. The third-order valence-corrected chi connectivity index (χ3v) is 7.73. The zero-order valence-corrected chi connectivity index (χ0v) is 25.0. The number of fused-ring (bicyclic) bond motifs is 2. The number of epoxide rings is 1. The van der Waals surface area contributed by atoms with E-state index in [0.29, 0.717) is 35.8 Å². The third-order valence-electron chi connectivity index (χ3n) is 7.44. The molecule has 0 aliphatic carbocycles. The maximum atomic E-state index is 11.7. The van der Waals surface area contributed by atoms with Crippen molar-refractivity contribution in [3.05, 3.63) is 152 Å². The molecule has 2 aromatic heterocycles. The Labute approximate surface area is 263 Å². The lowest BCUT2D eigenvalue weighted by atomic mass is 10.0. The Morgan fingerprint density at radius 3 is 1.76 bits per heavy atom. The molecule has 4 aromatic carbocycles. The summed E-state index contributed by atoms with van der Waals surface area (Å²) in [4.78, 5) is 29.0. The Hall–Kier alpha value is -4.89. The topological polar surface area (TPSA) is 117 Å². The Bertz CT molecular complexity index is 2020. The number of ether oxygens (including phenoxy) is 3. The van der Waals surface area contributed by atoms with Gasteiger partial charge in [-0.25, -0.2) is 0 Å². The molecule has 2 atom stereocenters. The molecule has 1 fully saturated rings. The molecule has 6 aromatic rings. The Morgan fingerprint density at radius 2 is 1.22 bits per heavy atom. The van der Waals surface area contributed by atoms with Gasteiger partial charge in [0, 0.05) is 22.9 Å². The summed E-state index contributed by atoms with van der Waals surface area (Å²) in [5.74, 6) is 1.33. The van der Waals surface area contributed by atoms with Gasteiger partial charge in [0.2, 0.25) is 11.1 Å². The van der Waals surface area contributed by atoms with Crippen LogP contribution in [0.15, 0.2) is 119 Å². The molecule has 1 unspecified atom stereocenters. The first-order valence-corrected chi connectivity index (χ1v) is 15.0. The number of aliphatic hydroxyl groups excluding tert-OH is 1. The van der Waals surface area contributed by atoms with Crippen LogP contribution < -0.4 is 20.6 Å². The fraction of sp³-hybridized carbons (Fsp3) is 0.167. The SMILES string of the molecule is O=c1ccc2c(C3CO3)ccc(OCc3ccccc3)c2[nH]1.O=c1ccc2c([C@@H](O)CCl)ccc(OCc3ccccc3)c2[nH]1. The number of benzene rings is 4. The zero-order valence-electron chi connectivity index (χ0n) is 24.2. The van der Waals surface area contributed by atoms with E-state index < -0.39 is 6.10 Å². The molecule has 0 bridgehead atoms. The van der Waals surface area contributed by atoms with E-state index in [9.17, 15) is 14.7 Å². The minimum Gasteiger partial charge on any atom is -0.487 e. The van der Waals surface area contributed by atoms with E-state index in [1.807, 2.05) is 78.9 Å². The first kappa shape index (κ1) is 30.1. The van der Waals surface area contributed by atoms with Crippen molar-refractivity contribution < 1.29 is 19.3 Å². The second-order valence-electron chi connectivity index (χ2n) is 10.6.